The molecule has 0 aliphatic carbocycles. The number of imidazole rings is 1. The predicted molar refractivity (Wildman–Crippen MR) is 84.6 cm³/mol. The molecule has 2 N–H and O–H groups in total. The van der Waals surface area contributed by atoms with E-state index in [1.807, 2.05) is 18.2 Å². The zero-order valence-corrected chi connectivity index (χ0v) is 12.8. The van der Waals surface area contributed by atoms with Gasteiger partial charge in [-0.2, -0.15) is 0 Å². The lowest BCUT2D eigenvalue weighted by atomic mass is 9.96. The first-order chi connectivity index (χ1) is 10.2. The molecule has 0 saturated carbocycles. The van der Waals surface area contributed by atoms with Gasteiger partial charge in [-0.1, -0.05) is 19.9 Å². The van der Waals surface area contributed by atoms with Gasteiger partial charge in [0.1, 0.15) is 5.65 Å². The first-order valence-corrected chi connectivity index (χ1v) is 7.80. The van der Waals surface area contributed by atoms with Crippen LogP contribution < -0.4 is 10.2 Å². The minimum absolute atomic E-state index is 0.268. The van der Waals surface area contributed by atoms with Gasteiger partial charge >= 0.3 is 0 Å². The van der Waals surface area contributed by atoms with Crippen molar-refractivity contribution in [3.05, 3.63) is 30.1 Å². The number of nitrogens with one attached hydrogen (secondary N) is 1. The van der Waals surface area contributed by atoms with Crippen molar-refractivity contribution in [2.45, 2.75) is 32.9 Å². The molecule has 1 aliphatic heterocycles. The molecular formula is C16H24N4O. The summed E-state index contributed by atoms with van der Waals surface area (Å²) in [6.45, 7) is 7.57. The third-order valence-corrected chi connectivity index (χ3v) is 4.37. The Labute approximate surface area is 125 Å². The van der Waals surface area contributed by atoms with Crippen LogP contribution >= 0.6 is 0 Å². The maximum Gasteiger partial charge on any atom is 0.152 e. The maximum absolute atomic E-state index is 10.2. The highest BCUT2D eigenvalue weighted by Gasteiger charge is 2.27. The quantitative estimate of drug-likeness (QED) is 0.898. The summed E-state index contributed by atoms with van der Waals surface area (Å²) in [6.07, 6.45) is 2.80. The molecule has 114 valence electrons. The van der Waals surface area contributed by atoms with Crippen LogP contribution in [0.3, 0.4) is 0 Å². The number of aromatic nitrogens is 2. The van der Waals surface area contributed by atoms with Gasteiger partial charge in [-0.25, -0.2) is 4.98 Å². The van der Waals surface area contributed by atoms with E-state index in [0.29, 0.717) is 12.5 Å². The van der Waals surface area contributed by atoms with E-state index in [0.717, 1.165) is 37.5 Å². The summed E-state index contributed by atoms with van der Waals surface area (Å²) in [5, 5.41) is 13.6. The van der Waals surface area contributed by atoms with E-state index in [4.69, 9.17) is 4.98 Å². The van der Waals surface area contributed by atoms with E-state index >= 15 is 0 Å². The topological polar surface area (TPSA) is 52.8 Å². The molecule has 0 radical (unpaired) electrons. The number of β-amino-alcohol motifs (C(OH)–C–C–N with tert-alkyl or cyclic N) is 1. The average molecular weight is 288 g/mol. The Morgan fingerprint density at radius 3 is 3.05 bits per heavy atom. The molecule has 5 heteroatoms. The molecule has 0 aromatic carbocycles. The summed E-state index contributed by atoms with van der Waals surface area (Å²) >= 11 is 0. The molecule has 2 aromatic heterocycles. The second-order valence-corrected chi connectivity index (χ2v) is 5.87. The monoisotopic (exact) mass is 288 g/mol. The number of fused-ring (bicyclic) bond motifs is 1. The van der Waals surface area contributed by atoms with Crippen LogP contribution in [0.15, 0.2) is 24.4 Å². The number of anilines is 1. The summed E-state index contributed by atoms with van der Waals surface area (Å²) < 4.78 is 2.14. The van der Waals surface area contributed by atoms with Crippen LogP contribution in [0.2, 0.25) is 0 Å². The molecule has 0 bridgehead atoms. The van der Waals surface area contributed by atoms with Gasteiger partial charge in [0.2, 0.25) is 0 Å². The standard InChI is InChI=1S/C16H24N4O/c1-3-17-10-13-16(18-15-6-4-5-8-20(13)15)19-9-7-12(2)14(21)11-19/h4-6,8,12,14,17,21H,3,7,9-11H2,1-2H3. The Morgan fingerprint density at radius 2 is 2.29 bits per heavy atom. The molecule has 3 rings (SSSR count). The number of pyridine rings is 1. The second-order valence-electron chi connectivity index (χ2n) is 5.87. The molecule has 2 atom stereocenters. The maximum atomic E-state index is 10.2. The van der Waals surface area contributed by atoms with E-state index in [1.165, 1.54) is 5.69 Å². The summed E-state index contributed by atoms with van der Waals surface area (Å²) in [6, 6.07) is 6.07. The third kappa shape index (κ3) is 2.76. The van der Waals surface area contributed by atoms with Crippen molar-refractivity contribution in [2.24, 2.45) is 5.92 Å². The van der Waals surface area contributed by atoms with E-state index in [9.17, 15) is 5.11 Å². The predicted octanol–water partition coefficient (Wildman–Crippen LogP) is 1.65. The Kier molecular flexibility index (Phi) is 4.12. The smallest absolute Gasteiger partial charge is 0.152 e. The van der Waals surface area contributed by atoms with Crippen molar-refractivity contribution in [3.63, 3.8) is 0 Å². The number of hydrogen-bond donors (Lipinski definition) is 2. The molecule has 5 nitrogen and oxygen atoms in total. The molecular weight excluding hydrogens is 264 g/mol. The van der Waals surface area contributed by atoms with Gasteiger partial charge < -0.3 is 19.7 Å². The second kappa shape index (κ2) is 6.03. The van der Waals surface area contributed by atoms with Gasteiger partial charge in [0.05, 0.1) is 11.8 Å². The summed E-state index contributed by atoms with van der Waals surface area (Å²) in [4.78, 5) is 7.01. The molecule has 3 heterocycles. The molecule has 1 saturated heterocycles. The third-order valence-electron chi connectivity index (χ3n) is 4.37. The fraction of sp³-hybridized carbons (Fsp3) is 0.562. The lowest BCUT2D eigenvalue weighted by Crippen LogP contribution is -2.43. The van der Waals surface area contributed by atoms with Gasteiger partial charge in [-0.05, 0) is 31.0 Å². The van der Waals surface area contributed by atoms with E-state index < -0.39 is 0 Å². The lowest BCUT2D eigenvalue weighted by Gasteiger charge is -2.35. The highest BCUT2D eigenvalue weighted by molar-refractivity contribution is 5.56. The lowest BCUT2D eigenvalue weighted by molar-refractivity contribution is 0.102. The highest BCUT2D eigenvalue weighted by atomic mass is 16.3. The van der Waals surface area contributed by atoms with Crippen molar-refractivity contribution in [3.8, 4) is 0 Å². The fourth-order valence-corrected chi connectivity index (χ4v) is 2.94. The number of hydrogen-bond acceptors (Lipinski definition) is 4. The summed E-state index contributed by atoms with van der Waals surface area (Å²) in [7, 11) is 0. The Hall–Kier alpha value is -1.59. The zero-order chi connectivity index (χ0) is 14.8. The molecule has 2 unspecified atom stereocenters. The van der Waals surface area contributed by atoms with E-state index in [1.54, 1.807) is 0 Å². The van der Waals surface area contributed by atoms with Gasteiger partial charge in [0.15, 0.2) is 5.82 Å². The van der Waals surface area contributed by atoms with Crippen molar-refractivity contribution >= 4 is 11.5 Å². The van der Waals surface area contributed by atoms with E-state index in [-0.39, 0.29) is 6.10 Å². The zero-order valence-electron chi connectivity index (χ0n) is 12.8. The Balaban J connectivity index is 1.96. The van der Waals surface area contributed by atoms with Crippen molar-refractivity contribution < 1.29 is 5.11 Å². The first kappa shape index (κ1) is 14.4. The molecule has 21 heavy (non-hydrogen) atoms. The van der Waals surface area contributed by atoms with Gasteiger partial charge in [-0.15, -0.1) is 0 Å². The largest absolute Gasteiger partial charge is 0.391 e. The van der Waals surface area contributed by atoms with E-state index in [2.05, 4.69) is 34.7 Å². The number of rotatable bonds is 4. The van der Waals surface area contributed by atoms with Crippen LogP contribution in [-0.4, -0.2) is 40.2 Å². The van der Waals surface area contributed by atoms with Crippen LogP contribution in [0.4, 0.5) is 5.82 Å². The van der Waals surface area contributed by atoms with Crippen molar-refractivity contribution in [1.82, 2.24) is 14.7 Å². The number of aliphatic hydroxyl groups is 1. The highest BCUT2D eigenvalue weighted by Crippen LogP contribution is 2.27. The van der Waals surface area contributed by atoms with Crippen molar-refractivity contribution in [1.29, 1.82) is 0 Å². The summed E-state index contributed by atoms with van der Waals surface area (Å²) in [5.74, 6) is 1.38. The van der Waals surface area contributed by atoms with Gasteiger partial charge in [0.25, 0.3) is 0 Å². The average Bonchev–Trinajstić information content (AvgIpc) is 2.86. The number of piperidine rings is 1. The van der Waals surface area contributed by atoms with Crippen LogP contribution in [0, 0.1) is 5.92 Å². The number of aliphatic hydroxyl groups excluding tert-OH is 1. The normalized spacial score (nSPS) is 22.9. The molecule has 1 aliphatic rings. The summed E-state index contributed by atoms with van der Waals surface area (Å²) in [5.41, 5.74) is 2.14. The van der Waals surface area contributed by atoms with Crippen LogP contribution in [-0.2, 0) is 6.54 Å². The Bertz CT molecular complexity index is 609. The first-order valence-electron chi connectivity index (χ1n) is 7.80. The van der Waals surface area contributed by atoms with Crippen LogP contribution in [0.1, 0.15) is 26.0 Å². The SMILES string of the molecule is CCNCc1c(N2CCC(C)C(O)C2)nc2ccccn12. The molecule has 1 fully saturated rings. The number of nitrogens with zero attached hydrogens (tertiary/aromatic N) is 3. The molecule has 2 aromatic rings. The fourth-order valence-electron chi connectivity index (χ4n) is 2.94. The minimum Gasteiger partial charge on any atom is -0.391 e. The van der Waals surface area contributed by atoms with Gasteiger partial charge in [0, 0.05) is 25.8 Å². The minimum atomic E-state index is -0.268. The van der Waals surface area contributed by atoms with Crippen molar-refractivity contribution in [2.75, 3.05) is 24.5 Å². The molecule has 0 amide bonds. The van der Waals surface area contributed by atoms with Gasteiger partial charge in [-0.3, -0.25) is 0 Å². The molecule has 0 spiro atoms. The van der Waals surface area contributed by atoms with Crippen LogP contribution in [0.5, 0.6) is 0 Å². The Morgan fingerprint density at radius 1 is 1.43 bits per heavy atom. The van der Waals surface area contributed by atoms with Crippen LogP contribution in [0.25, 0.3) is 5.65 Å².